The molecular formula is C25H34N2O6S2. The van der Waals surface area contributed by atoms with Crippen LogP contribution < -0.4 is 4.74 Å². The van der Waals surface area contributed by atoms with Gasteiger partial charge in [0.1, 0.15) is 18.0 Å². The van der Waals surface area contributed by atoms with E-state index < -0.39 is 15.6 Å². The number of sulfonamides is 1. The first-order chi connectivity index (χ1) is 16.7. The molecule has 2 fully saturated rings. The van der Waals surface area contributed by atoms with Gasteiger partial charge in [-0.05, 0) is 74.2 Å². The Bertz CT molecular complexity index is 1120. The second kappa shape index (κ2) is 10.6. The van der Waals surface area contributed by atoms with E-state index in [0.717, 1.165) is 11.3 Å². The van der Waals surface area contributed by atoms with Crippen molar-refractivity contribution in [2.75, 3.05) is 40.0 Å². The molecule has 2 aliphatic heterocycles. The molecule has 8 nitrogen and oxygen atoms in total. The molecule has 0 radical (unpaired) electrons. The Balaban J connectivity index is 1.33. The monoisotopic (exact) mass is 522 g/mol. The van der Waals surface area contributed by atoms with Crippen molar-refractivity contribution in [1.82, 2.24) is 9.21 Å². The molecule has 1 aromatic carbocycles. The zero-order chi connectivity index (χ0) is 25.2. The van der Waals surface area contributed by atoms with Gasteiger partial charge in [0, 0.05) is 30.6 Å². The fraction of sp³-hybridized carbons (Fsp3) is 0.560. The number of hydrogen-bond acceptors (Lipinski definition) is 7. The van der Waals surface area contributed by atoms with E-state index in [4.69, 9.17) is 9.47 Å². The van der Waals surface area contributed by atoms with E-state index in [0.29, 0.717) is 60.7 Å². The van der Waals surface area contributed by atoms with Gasteiger partial charge in [-0.25, -0.2) is 8.42 Å². The van der Waals surface area contributed by atoms with Gasteiger partial charge in [-0.3, -0.25) is 4.79 Å². The van der Waals surface area contributed by atoms with Gasteiger partial charge in [-0.2, -0.15) is 4.31 Å². The molecule has 0 aliphatic carbocycles. The highest BCUT2D eigenvalue weighted by Crippen LogP contribution is 2.36. The van der Waals surface area contributed by atoms with Crippen LogP contribution in [0.4, 0.5) is 0 Å². The van der Waals surface area contributed by atoms with Crippen molar-refractivity contribution in [3.8, 4) is 5.75 Å². The third-order valence-corrected chi connectivity index (χ3v) is 10.3. The molecule has 2 aromatic rings. The fourth-order valence-electron chi connectivity index (χ4n) is 5.13. The van der Waals surface area contributed by atoms with Crippen molar-refractivity contribution in [1.29, 1.82) is 0 Å². The zero-order valence-electron chi connectivity index (χ0n) is 20.5. The van der Waals surface area contributed by atoms with E-state index in [1.165, 1.54) is 15.6 Å². The van der Waals surface area contributed by atoms with Gasteiger partial charge in [0.25, 0.3) is 0 Å². The largest absolute Gasteiger partial charge is 0.497 e. The van der Waals surface area contributed by atoms with Crippen LogP contribution in [0.1, 0.15) is 41.7 Å². The fourth-order valence-corrected chi connectivity index (χ4v) is 8.11. The maximum absolute atomic E-state index is 13.5. The molecule has 0 spiro atoms. The Morgan fingerprint density at radius 2 is 1.89 bits per heavy atom. The van der Waals surface area contributed by atoms with Gasteiger partial charge in [-0.15, -0.1) is 11.3 Å². The SMILES string of the molecule is COc1cc(C)c(S(=O)(=O)N2CCCC2COCC(=O)N2CCC(O)(c3cccs3)CC2)c(C)c1. The molecular weight excluding hydrogens is 488 g/mol. The number of nitrogens with zero attached hydrogens (tertiary/aromatic N) is 2. The van der Waals surface area contributed by atoms with Gasteiger partial charge in [0.2, 0.25) is 15.9 Å². The van der Waals surface area contributed by atoms with Crippen molar-refractivity contribution in [2.45, 2.75) is 56.1 Å². The van der Waals surface area contributed by atoms with E-state index in [1.807, 2.05) is 17.5 Å². The third-order valence-electron chi connectivity index (χ3n) is 7.02. The Hall–Kier alpha value is -1.98. The highest BCUT2D eigenvalue weighted by Gasteiger charge is 2.38. The van der Waals surface area contributed by atoms with Crippen LogP contribution in [0.2, 0.25) is 0 Å². The van der Waals surface area contributed by atoms with Crippen LogP contribution in [-0.4, -0.2) is 74.6 Å². The van der Waals surface area contributed by atoms with Crippen LogP contribution in [0, 0.1) is 13.8 Å². The molecule has 1 aromatic heterocycles. The number of benzene rings is 1. The summed E-state index contributed by atoms with van der Waals surface area (Å²) >= 11 is 1.53. The van der Waals surface area contributed by atoms with Crippen LogP contribution >= 0.6 is 11.3 Å². The zero-order valence-corrected chi connectivity index (χ0v) is 22.2. The van der Waals surface area contributed by atoms with E-state index in [-0.39, 0.29) is 25.2 Å². The summed E-state index contributed by atoms with van der Waals surface area (Å²) in [6.07, 6.45) is 2.44. The van der Waals surface area contributed by atoms with Crippen LogP contribution in [0.15, 0.2) is 34.5 Å². The number of hydrogen-bond donors (Lipinski definition) is 1. The third kappa shape index (κ3) is 5.41. The van der Waals surface area contributed by atoms with Crippen molar-refractivity contribution in [2.24, 2.45) is 0 Å². The maximum Gasteiger partial charge on any atom is 0.248 e. The van der Waals surface area contributed by atoms with Gasteiger partial charge >= 0.3 is 0 Å². The summed E-state index contributed by atoms with van der Waals surface area (Å²) in [7, 11) is -2.14. The minimum Gasteiger partial charge on any atom is -0.497 e. The summed E-state index contributed by atoms with van der Waals surface area (Å²) in [6.45, 7) is 5.01. The Labute approximate surface area is 211 Å². The Morgan fingerprint density at radius 3 is 2.49 bits per heavy atom. The van der Waals surface area contributed by atoms with Gasteiger partial charge in [0.05, 0.1) is 18.6 Å². The quantitative estimate of drug-likeness (QED) is 0.573. The first-order valence-electron chi connectivity index (χ1n) is 11.9. The molecule has 3 heterocycles. The molecule has 1 amide bonds. The molecule has 1 N–H and O–H groups in total. The van der Waals surface area contributed by atoms with Crippen molar-refractivity contribution < 1.29 is 27.8 Å². The molecule has 0 bridgehead atoms. The lowest BCUT2D eigenvalue weighted by Gasteiger charge is -2.37. The number of likely N-dealkylation sites (tertiary alicyclic amines) is 1. The van der Waals surface area contributed by atoms with Gasteiger partial charge < -0.3 is 19.5 Å². The predicted molar refractivity (Wildman–Crippen MR) is 134 cm³/mol. The average molecular weight is 523 g/mol. The molecule has 0 saturated carbocycles. The van der Waals surface area contributed by atoms with E-state index in [1.54, 1.807) is 38.0 Å². The number of aryl methyl sites for hydroxylation is 2. The molecule has 1 unspecified atom stereocenters. The highest BCUT2D eigenvalue weighted by molar-refractivity contribution is 7.89. The van der Waals surface area contributed by atoms with E-state index in [2.05, 4.69) is 0 Å². The lowest BCUT2D eigenvalue weighted by Crippen LogP contribution is -2.46. The first kappa shape index (κ1) is 26.1. The number of carbonyl (C=O) groups excluding carboxylic acids is 1. The average Bonchev–Trinajstić information content (AvgIpc) is 3.52. The normalized spacial score (nSPS) is 20.8. The Morgan fingerprint density at radius 1 is 1.20 bits per heavy atom. The highest BCUT2D eigenvalue weighted by atomic mass is 32.2. The number of aliphatic hydroxyl groups is 1. The second-order valence-electron chi connectivity index (χ2n) is 9.41. The lowest BCUT2D eigenvalue weighted by atomic mass is 9.90. The summed E-state index contributed by atoms with van der Waals surface area (Å²) in [6, 6.07) is 7.02. The van der Waals surface area contributed by atoms with Gasteiger partial charge in [-0.1, -0.05) is 6.07 Å². The predicted octanol–water partition coefficient (Wildman–Crippen LogP) is 3.05. The standard InChI is InChI=1S/C25H34N2O6S2/c1-18-14-21(32-3)15-19(2)24(18)35(30,31)27-10-4-6-20(27)16-33-17-23(28)26-11-8-25(29,9-12-26)22-7-5-13-34-22/h5,7,13-15,20,29H,4,6,8-12,16-17H2,1-3H3. The van der Waals surface area contributed by atoms with Crippen LogP contribution in [0.25, 0.3) is 0 Å². The summed E-state index contributed by atoms with van der Waals surface area (Å²) in [5.74, 6) is 0.498. The van der Waals surface area contributed by atoms with E-state index >= 15 is 0 Å². The topological polar surface area (TPSA) is 96.4 Å². The van der Waals surface area contributed by atoms with Crippen LogP contribution in [0.5, 0.6) is 5.75 Å². The molecule has 4 rings (SSSR count). The van der Waals surface area contributed by atoms with Crippen molar-refractivity contribution >= 4 is 27.3 Å². The van der Waals surface area contributed by atoms with Crippen molar-refractivity contribution in [3.63, 3.8) is 0 Å². The number of carbonyl (C=O) groups is 1. The van der Waals surface area contributed by atoms with Crippen LogP contribution in [0.3, 0.4) is 0 Å². The maximum atomic E-state index is 13.5. The summed E-state index contributed by atoms with van der Waals surface area (Å²) in [4.78, 5) is 15.7. The molecule has 1 atom stereocenters. The number of amides is 1. The number of rotatable bonds is 8. The molecule has 192 valence electrons. The Kier molecular flexibility index (Phi) is 7.87. The molecule has 2 saturated heterocycles. The number of piperidine rings is 1. The minimum atomic E-state index is -3.70. The first-order valence-corrected chi connectivity index (χ1v) is 14.3. The van der Waals surface area contributed by atoms with E-state index in [9.17, 15) is 18.3 Å². The summed E-state index contributed by atoms with van der Waals surface area (Å²) in [5.41, 5.74) is 0.426. The second-order valence-corrected chi connectivity index (χ2v) is 12.2. The summed E-state index contributed by atoms with van der Waals surface area (Å²) in [5, 5.41) is 12.8. The van der Waals surface area contributed by atoms with Crippen LogP contribution in [-0.2, 0) is 25.2 Å². The summed E-state index contributed by atoms with van der Waals surface area (Å²) < 4.78 is 39.6. The molecule has 10 heteroatoms. The smallest absolute Gasteiger partial charge is 0.248 e. The number of methoxy groups -OCH3 is 1. The number of thiophene rings is 1. The number of ether oxygens (including phenoxy) is 2. The minimum absolute atomic E-state index is 0.0948. The molecule has 2 aliphatic rings. The lowest BCUT2D eigenvalue weighted by molar-refractivity contribution is -0.140. The van der Waals surface area contributed by atoms with Gasteiger partial charge in [0.15, 0.2) is 0 Å². The van der Waals surface area contributed by atoms with Crippen molar-refractivity contribution in [3.05, 3.63) is 45.6 Å². The molecule has 35 heavy (non-hydrogen) atoms.